The standard InChI is InChI=1S/C21H33N3O4S/c1-28-20-10-6-7-18(15-20)16-22-11-13-23(14-12-22)21(25)17-24(29(2,26)27)19-8-4-3-5-9-19/h6-7,10,15,19H,3-5,8-9,11-14,16-17H2,1-2H3. The Kier molecular flexibility index (Phi) is 7.54. The Morgan fingerprint density at radius 2 is 1.83 bits per heavy atom. The molecule has 0 unspecified atom stereocenters. The Hall–Kier alpha value is -1.64. The molecule has 0 N–H and O–H groups in total. The van der Waals surface area contributed by atoms with Crippen molar-refractivity contribution in [3.8, 4) is 5.75 Å². The lowest BCUT2D eigenvalue weighted by atomic mass is 9.95. The predicted molar refractivity (Wildman–Crippen MR) is 113 cm³/mol. The van der Waals surface area contributed by atoms with E-state index in [1.54, 1.807) is 7.11 Å². The van der Waals surface area contributed by atoms with E-state index < -0.39 is 10.0 Å². The van der Waals surface area contributed by atoms with Gasteiger partial charge >= 0.3 is 0 Å². The van der Waals surface area contributed by atoms with E-state index >= 15 is 0 Å². The first-order valence-corrected chi connectivity index (χ1v) is 12.3. The molecule has 7 nitrogen and oxygen atoms in total. The summed E-state index contributed by atoms with van der Waals surface area (Å²) in [6.07, 6.45) is 6.16. The molecule has 0 spiro atoms. The van der Waals surface area contributed by atoms with Crippen molar-refractivity contribution in [2.75, 3.05) is 46.1 Å². The van der Waals surface area contributed by atoms with Gasteiger partial charge in [-0.2, -0.15) is 4.31 Å². The second-order valence-corrected chi connectivity index (χ2v) is 10.0. The number of piperazine rings is 1. The minimum atomic E-state index is -3.39. The van der Waals surface area contributed by atoms with Crippen molar-refractivity contribution in [3.63, 3.8) is 0 Å². The quantitative estimate of drug-likeness (QED) is 0.670. The van der Waals surface area contributed by atoms with Gasteiger partial charge in [-0.3, -0.25) is 9.69 Å². The van der Waals surface area contributed by atoms with E-state index in [2.05, 4.69) is 11.0 Å². The minimum absolute atomic E-state index is 0.0284. The molecule has 2 aliphatic rings. The molecule has 1 heterocycles. The van der Waals surface area contributed by atoms with Crippen molar-refractivity contribution >= 4 is 15.9 Å². The summed E-state index contributed by atoms with van der Waals surface area (Å²) in [7, 11) is -1.73. The van der Waals surface area contributed by atoms with Gasteiger partial charge in [-0.15, -0.1) is 0 Å². The van der Waals surface area contributed by atoms with E-state index in [0.717, 1.165) is 57.5 Å². The van der Waals surface area contributed by atoms with E-state index in [1.807, 2.05) is 23.1 Å². The fourth-order valence-corrected chi connectivity index (χ4v) is 5.40. The van der Waals surface area contributed by atoms with Crippen molar-refractivity contribution in [1.29, 1.82) is 0 Å². The highest BCUT2D eigenvalue weighted by Crippen LogP contribution is 2.24. The third-order valence-corrected chi connectivity index (χ3v) is 7.24. The molecule has 1 amide bonds. The second-order valence-electron chi connectivity index (χ2n) is 8.11. The van der Waals surface area contributed by atoms with E-state index in [4.69, 9.17) is 4.74 Å². The van der Waals surface area contributed by atoms with Crippen LogP contribution in [0.4, 0.5) is 0 Å². The van der Waals surface area contributed by atoms with Gasteiger partial charge in [0.05, 0.1) is 19.9 Å². The maximum absolute atomic E-state index is 12.8. The van der Waals surface area contributed by atoms with E-state index in [-0.39, 0.29) is 18.5 Å². The molecule has 29 heavy (non-hydrogen) atoms. The highest BCUT2D eigenvalue weighted by molar-refractivity contribution is 7.88. The third kappa shape index (κ3) is 6.17. The van der Waals surface area contributed by atoms with Gasteiger partial charge in [-0.1, -0.05) is 31.4 Å². The van der Waals surface area contributed by atoms with Crippen molar-refractivity contribution in [2.24, 2.45) is 0 Å². The third-order valence-electron chi connectivity index (χ3n) is 5.96. The fourth-order valence-electron chi connectivity index (χ4n) is 4.30. The number of carbonyl (C=O) groups excluding carboxylic acids is 1. The first-order chi connectivity index (χ1) is 13.9. The van der Waals surface area contributed by atoms with Gasteiger partial charge in [-0.25, -0.2) is 8.42 Å². The van der Waals surface area contributed by atoms with Gasteiger partial charge in [0.15, 0.2) is 0 Å². The van der Waals surface area contributed by atoms with Crippen molar-refractivity contribution < 1.29 is 17.9 Å². The lowest BCUT2D eigenvalue weighted by molar-refractivity contribution is -0.133. The van der Waals surface area contributed by atoms with Gasteiger partial charge < -0.3 is 9.64 Å². The first-order valence-electron chi connectivity index (χ1n) is 10.5. The van der Waals surface area contributed by atoms with Crippen LogP contribution < -0.4 is 4.74 Å². The number of rotatable bonds is 7. The smallest absolute Gasteiger partial charge is 0.237 e. The molecule has 162 valence electrons. The number of benzene rings is 1. The largest absolute Gasteiger partial charge is 0.497 e. The molecule has 8 heteroatoms. The molecular weight excluding hydrogens is 390 g/mol. The van der Waals surface area contributed by atoms with Crippen LogP contribution in [0.3, 0.4) is 0 Å². The molecule has 0 aromatic heterocycles. The number of hydrogen-bond donors (Lipinski definition) is 0. The van der Waals surface area contributed by atoms with E-state index in [0.29, 0.717) is 13.1 Å². The van der Waals surface area contributed by atoms with Crippen LogP contribution in [0, 0.1) is 0 Å². The average molecular weight is 424 g/mol. The Morgan fingerprint density at radius 3 is 2.45 bits per heavy atom. The van der Waals surface area contributed by atoms with Gasteiger partial charge in [0, 0.05) is 38.8 Å². The summed E-state index contributed by atoms with van der Waals surface area (Å²) in [5.74, 6) is 0.766. The maximum Gasteiger partial charge on any atom is 0.237 e. The van der Waals surface area contributed by atoms with Gasteiger partial charge in [0.1, 0.15) is 5.75 Å². The molecule has 1 aliphatic carbocycles. The summed E-state index contributed by atoms with van der Waals surface area (Å²) in [4.78, 5) is 17.0. The van der Waals surface area contributed by atoms with Crippen LogP contribution >= 0.6 is 0 Å². The highest BCUT2D eigenvalue weighted by atomic mass is 32.2. The number of methoxy groups -OCH3 is 1. The second kappa shape index (κ2) is 9.91. The fraction of sp³-hybridized carbons (Fsp3) is 0.667. The summed E-state index contributed by atoms with van der Waals surface area (Å²) in [5.41, 5.74) is 1.18. The molecule has 1 saturated carbocycles. The van der Waals surface area contributed by atoms with Crippen molar-refractivity contribution in [3.05, 3.63) is 29.8 Å². The Labute approximate surface area is 174 Å². The highest BCUT2D eigenvalue weighted by Gasteiger charge is 2.32. The monoisotopic (exact) mass is 423 g/mol. The van der Waals surface area contributed by atoms with Crippen LogP contribution in [0.25, 0.3) is 0 Å². The summed E-state index contributed by atoms with van der Waals surface area (Å²) < 4.78 is 31.3. The van der Waals surface area contributed by atoms with Crippen LogP contribution in [-0.4, -0.2) is 80.6 Å². The summed E-state index contributed by atoms with van der Waals surface area (Å²) in [6, 6.07) is 8.00. The first kappa shape index (κ1) is 22.1. The maximum atomic E-state index is 12.8. The predicted octanol–water partition coefficient (Wildman–Crippen LogP) is 1.93. The molecule has 3 rings (SSSR count). The molecule has 1 aromatic rings. The normalized spacial score (nSPS) is 19.5. The molecule has 0 radical (unpaired) electrons. The lowest BCUT2D eigenvalue weighted by Crippen LogP contribution is -2.53. The summed E-state index contributed by atoms with van der Waals surface area (Å²) >= 11 is 0. The van der Waals surface area contributed by atoms with Crippen LogP contribution in [0.2, 0.25) is 0 Å². The van der Waals surface area contributed by atoms with Crippen LogP contribution in [0.5, 0.6) is 5.75 Å². The van der Waals surface area contributed by atoms with Gasteiger partial charge in [0.25, 0.3) is 0 Å². The van der Waals surface area contributed by atoms with E-state index in [1.165, 1.54) is 16.1 Å². The number of carbonyl (C=O) groups is 1. The zero-order chi connectivity index (χ0) is 20.9. The van der Waals surface area contributed by atoms with Crippen LogP contribution in [0.15, 0.2) is 24.3 Å². The van der Waals surface area contributed by atoms with E-state index in [9.17, 15) is 13.2 Å². The summed E-state index contributed by atoms with van der Waals surface area (Å²) in [5, 5.41) is 0. The number of hydrogen-bond acceptors (Lipinski definition) is 5. The molecule has 1 aliphatic heterocycles. The zero-order valence-corrected chi connectivity index (χ0v) is 18.4. The number of amides is 1. The van der Waals surface area contributed by atoms with Crippen molar-refractivity contribution in [2.45, 2.75) is 44.7 Å². The van der Waals surface area contributed by atoms with Gasteiger partial charge in [0.2, 0.25) is 15.9 Å². The Balaban J connectivity index is 1.53. The molecule has 0 atom stereocenters. The van der Waals surface area contributed by atoms with Crippen LogP contribution in [-0.2, 0) is 21.4 Å². The zero-order valence-electron chi connectivity index (χ0n) is 17.5. The molecule has 2 fully saturated rings. The Bertz CT molecular complexity index is 785. The average Bonchev–Trinajstić information content (AvgIpc) is 2.72. The summed E-state index contributed by atoms with van der Waals surface area (Å²) in [6.45, 7) is 3.61. The lowest BCUT2D eigenvalue weighted by Gasteiger charge is -2.37. The molecule has 0 bridgehead atoms. The number of ether oxygens (including phenoxy) is 1. The SMILES string of the molecule is COc1cccc(CN2CCN(C(=O)CN(C3CCCCC3)S(C)(=O)=O)CC2)c1. The molecular formula is C21H33N3O4S. The number of nitrogens with zero attached hydrogens (tertiary/aromatic N) is 3. The minimum Gasteiger partial charge on any atom is -0.497 e. The number of sulfonamides is 1. The van der Waals surface area contributed by atoms with Crippen molar-refractivity contribution in [1.82, 2.24) is 14.1 Å². The Morgan fingerprint density at radius 1 is 1.14 bits per heavy atom. The topological polar surface area (TPSA) is 70.2 Å². The molecule has 1 saturated heterocycles. The van der Waals surface area contributed by atoms with Crippen LogP contribution in [0.1, 0.15) is 37.7 Å². The molecule has 1 aromatic carbocycles. The van der Waals surface area contributed by atoms with Gasteiger partial charge in [-0.05, 0) is 30.5 Å².